The number of morpholine rings is 1. The molecule has 9 heteroatoms. The fourth-order valence-corrected chi connectivity index (χ4v) is 4.71. The third-order valence-electron chi connectivity index (χ3n) is 3.75. The first-order valence-corrected chi connectivity index (χ1v) is 8.29. The van der Waals surface area contributed by atoms with Gasteiger partial charge in [-0.1, -0.05) is 11.6 Å². The number of sulfonamides is 1. The highest BCUT2D eigenvalue weighted by Crippen LogP contribution is 2.33. The predicted molar refractivity (Wildman–Crippen MR) is 74.8 cm³/mol. The van der Waals surface area contributed by atoms with E-state index in [1.54, 1.807) is 0 Å². The molecule has 2 heterocycles. The number of nitro groups is 1. The predicted octanol–water partition coefficient (Wildman–Crippen LogP) is 1.80. The Kier molecular flexibility index (Phi) is 3.64. The van der Waals surface area contributed by atoms with Crippen LogP contribution in [0.4, 0.5) is 5.69 Å². The average Bonchev–Trinajstić information content (AvgIpc) is 2.77. The maximum absolute atomic E-state index is 12.7. The van der Waals surface area contributed by atoms with Gasteiger partial charge in [-0.05, 0) is 18.9 Å². The van der Waals surface area contributed by atoms with Gasteiger partial charge >= 0.3 is 0 Å². The van der Waals surface area contributed by atoms with Crippen LogP contribution in [0.5, 0.6) is 0 Å². The number of non-ortho nitro benzene ring substituents is 1. The number of hydrogen-bond donors (Lipinski definition) is 0. The van der Waals surface area contributed by atoms with Crippen molar-refractivity contribution in [3.8, 4) is 0 Å². The van der Waals surface area contributed by atoms with E-state index in [0.717, 1.165) is 18.9 Å². The van der Waals surface area contributed by atoms with Crippen LogP contribution in [-0.2, 0) is 14.8 Å². The molecule has 0 spiro atoms. The summed E-state index contributed by atoms with van der Waals surface area (Å²) in [5.41, 5.74) is -0.297. The van der Waals surface area contributed by atoms with E-state index in [0.29, 0.717) is 0 Å². The SMILES string of the molecule is O=[N+]([O-])c1ccc(Cl)c(S(=O)(=O)N2CC3CCC(C2)O3)c1. The van der Waals surface area contributed by atoms with E-state index in [2.05, 4.69) is 0 Å². The van der Waals surface area contributed by atoms with Gasteiger partial charge in [0.15, 0.2) is 0 Å². The Morgan fingerprint density at radius 2 is 1.90 bits per heavy atom. The molecule has 114 valence electrons. The van der Waals surface area contributed by atoms with Crippen LogP contribution in [0.3, 0.4) is 0 Å². The molecule has 0 aliphatic carbocycles. The fraction of sp³-hybridized carbons (Fsp3) is 0.500. The second-order valence-electron chi connectivity index (χ2n) is 5.15. The van der Waals surface area contributed by atoms with Gasteiger partial charge in [0.1, 0.15) is 4.90 Å². The first kappa shape index (κ1) is 14.7. The number of hydrogen-bond acceptors (Lipinski definition) is 5. The van der Waals surface area contributed by atoms with Crippen molar-refractivity contribution in [1.29, 1.82) is 0 Å². The Morgan fingerprint density at radius 3 is 2.48 bits per heavy atom. The van der Waals surface area contributed by atoms with Crippen molar-refractivity contribution in [3.63, 3.8) is 0 Å². The van der Waals surface area contributed by atoms with Crippen molar-refractivity contribution >= 4 is 27.3 Å². The van der Waals surface area contributed by atoms with E-state index in [9.17, 15) is 18.5 Å². The lowest BCUT2D eigenvalue weighted by Crippen LogP contribution is -2.45. The van der Waals surface area contributed by atoms with Crippen molar-refractivity contribution in [1.82, 2.24) is 4.31 Å². The maximum Gasteiger partial charge on any atom is 0.270 e. The van der Waals surface area contributed by atoms with Gasteiger partial charge in [0.05, 0.1) is 22.2 Å². The monoisotopic (exact) mass is 332 g/mol. The van der Waals surface area contributed by atoms with Crippen LogP contribution in [0.2, 0.25) is 5.02 Å². The van der Waals surface area contributed by atoms with Gasteiger partial charge in [-0.2, -0.15) is 4.31 Å². The van der Waals surface area contributed by atoms with E-state index in [4.69, 9.17) is 16.3 Å². The summed E-state index contributed by atoms with van der Waals surface area (Å²) in [6.45, 7) is 0.524. The summed E-state index contributed by atoms with van der Waals surface area (Å²) in [5.74, 6) is 0. The summed E-state index contributed by atoms with van der Waals surface area (Å²) < 4.78 is 32.2. The molecule has 0 N–H and O–H groups in total. The van der Waals surface area contributed by atoms with Crippen LogP contribution in [0.1, 0.15) is 12.8 Å². The van der Waals surface area contributed by atoms with Crippen molar-refractivity contribution in [2.45, 2.75) is 29.9 Å². The third kappa shape index (κ3) is 2.64. The zero-order valence-electron chi connectivity index (χ0n) is 10.9. The minimum Gasteiger partial charge on any atom is -0.372 e. The summed E-state index contributed by atoms with van der Waals surface area (Å²) in [4.78, 5) is 9.95. The number of fused-ring (bicyclic) bond motifs is 2. The molecule has 0 radical (unpaired) electrons. The van der Waals surface area contributed by atoms with Crippen LogP contribution in [0.15, 0.2) is 23.1 Å². The topological polar surface area (TPSA) is 89.8 Å². The van der Waals surface area contributed by atoms with Gasteiger partial charge in [-0.25, -0.2) is 8.42 Å². The molecule has 21 heavy (non-hydrogen) atoms. The highest BCUT2D eigenvalue weighted by Gasteiger charge is 2.40. The number of halogens is 1. The molecule has 0 amide bonds. The second-order valence-corrected chi connectivity index (χ2v) is 7.46. The van der Waals surface area contributed by atoms with Gasteiger partial charge in [-0.15, -0.1) is 0 Å². The van der Waals surface area contributed by atoms with Crippen LogP contribution in [0, 0.1) is 10.1 Å². The molecular formula is C12H13ClN2O5S. The lowest BCUT2D eigenvalue weighted by molar-refractivity contribution is -0.385. The Hall–Kier alpha value is -1.22. The summed E-state index contributed by atoms with van der Waals surface area (Å²) in [6, 6.07) is 3.43. The van der Waals surface area contributed by atoms with Crippen molar-refractivity contribution < 1.29 is 18.1 Å². The molecule has 0 aromatic heterocycles. The normalized spacial score (nSPS) is 26.0. The maximum atomic E-state index is 12.7. The molecule has 2 aliphatic heterocycles. The Labute approximate surface area is 126 Å². The van der Waals surface area contributed by atoms with Gasteiger partial charge in [0.2, 0.25) is 10.0 Å². The third-order valence-corrected chi connectivity index (χ3v) is 6.07. The minimum absolute atomic E-state index is 0.0144. The average molecular weight is 333 g/mol. The molecule has 1 aromatic carbocycles. The molecule has 3 rings (SSSR count). The number of benzene rings is 1. The van der Waals surface area contributed by atoms with Gasteiger partial charge < -0.3 is 4.74 Å². The van der Waals surface area contributed by atoms with E-state index >= 15 is 0 Å². The van der Waals surface area contributed by atoms with Gasteiger partial charge in [0.25, 0.3) is 5.69 Å². The molecule has 1 aromatic rings. The number of nitro benzene ring substituents is 1. The van der Waals surface area contributed by atoms with E-state index in [1.807, 2.05) is 0 Å². The van der Waals surface area contributed by atoms with E-state index in [1.165, 1.54) is 16.4 Å². The van der Waals surface area contributed by atoms with Crippen molar-refractivity contribution in [3.05, 3.63) is 33.3 Å². The Balaban J connectivity index is 1.98. The highest BCUT2D eigenvalue weighted by atomic mass is 35.5. The lowest BCUT2D eigenvalue weighted by Gasteiger charge is -2.31. The molecule has 0 saturated carbocycles. The number of rotatable bonds is 3. The van der Waals surface area contributed by atoms with E-state index in [-0.39, 0.29) is 40.9 Å². The molecule has 2 atom stereocenters. The summed E-state index contributed by atoms with van der Waals surface area (Å²) >= 11 is 5.93. The molecule has 7 nitrogen and oxygen atoms in total. The minimum atomic E-state index is -3.86. The standard InChI is InChI=1S/C12H13ClN2O5S/c13-11-4-1-8(15(16)17)5-12(11)21(18,19)14-6-9-2-3-10(7-14)20-9/h1,4-5,9-10H,2-3,6-7H2. The van der Waals surface area contributed by atoms with Gasteiger partial charge in [-0.3, -0.25) is 10.1 Å². The highest BCUT2D eigenvalue weighted by molar-refractivity contribution is 7.89. The largest absolute Gasteiger partial charge is 0.372 e. The summed E-state index contributed by atoms with van der Waals surface area (Å²) in [6.07, 6.45) is 1.46. The Bertz CT molecular complexity index is 681. The first-order chi connectivity index (χ1) is 9.88. The van der Waals surface area contributed by atoms with Gasteiger partial charge in [0, 0.05) is 25.2 Å². The zero-order valence-corrected chi connectivity index (χ0v) is 12.5. The fourth-order valence-electron chi connectivity index (χ4n) is 2.72. The van der Waals surface area contributed by atoms with Crippen LogP contribution in [-0.4, -0.2) is 42.9 Å². The van der Waals surface area contributed by atoms with Crippen molar-refractivity contribution in [2.75, 3.05) is 13.1 Å². The molecule has 2 saturated heterocycles. The summed E-state index contributed by atoms with van der Waals surface area (Å²) in [5, 5.41) is 10.8. The smallest absolute Gasteiger partial charge is 0.270 e. The van der Waals surface area contributed by atoms with E-state index < -0.39 is 14.9 Å². The second kappa shape index (κ2) is 5.20. The Morgan fingerprint density at radius 1 is 1.29 bits per heavy atom. The number of nitrogens with zero attached hydrogens (tertiary/aromatic N) is 2. The van der Waals surface area contributed by atoms with Crippen molar-refractivity contribution in [2.24, 2.45) is 0 Å². The molecule has 2 fully saturated rings. The molecule has 2 unspecified atom stereocenters. The zero-order chi connectivity index (χ0) is 15.2. The van der Waals surface area contributed by atoms with Crippen LogP contribution < -0.4 is 0 Å². The van der Waals surface area contributed by atoms with Crippen LogP contribution in [0.25, 0.3) is 0 Å². The molecular weight excluding hydrogens is 320 g/mol. The first-order valence-electron chi connectivity index (χ1n) is 6.47. The molecule has 2 bridgehead atoms. The van der Waals surface area contributed by atoms with Crippen LogP contribution >= 0.6 is 11.6 Å². The molecule has 2 aliphatic rings. The summed E-state index contributed by atoms with van der Waals surface area (Å²) in [7, 11) is -3.86. The number of ether oxygens (including phenoxy) is 1. The quantitative estimate of drug-likeness (QED) is 0.622. The lowest BCUT2D eigenvalue weighted by atomic mass is 10.2.